The largest absolute Gasteiger partial charge is 0.454 e. The average molecular weight is 443 g/mol. The maximum Gasteiger partial charge on any atom is 0.331 e. The molecule has 2 rings (SSSR count). The van der Waals surface area contributed by atoms with Crippen LogP contribution < -0.4 is 5.32 Å². The summed E-state index contributed by atoms with van der Waals surface area (Å²) in [7, 11) is 1.56. The van der Waals surface area contributed by atoms with Crippen molar-refractivity contribution in [1.29, 1.82) is 0 Å². The van der Waals surface area contributed by atoms with Crippen LogP contribution in [0, 0.1) is 5.82 Å². The van der Waals surface area contributed by atoms with E-state index in [0.29, 0.717) is 6.54 Å². The second kappa shape index (κ2) is 10.3. The molecule has 0 bridgehead atoms. The lowest BCUT2D eigenvalue weighted by molar-refractivity contribution is -0.155. The fourth-order valence-corrected chi connectivity index (χ4v) is 3.18. The van der Waals surface area contributed by atoms with Gasteiger partial charge in [-0.3, -0.25) is 9.59 Å². The van der Waals surface area contributed by atoms with E-state index in [-0.39, 0.29) is 10.6 Å². The van der Waals surface area contributed by atoms with Crippen molar-refractivity contribution >= 4 is 40.7 Å². The first-order valence-corrected chi connectivity index (χ1v) is 9.86. The SMILES string of the molecule is C[C@@H](O)[C@H](NC(=O)c1cc(Cl)ccc1F)C(=O)OCC(=O)N(C)Cc1ccsc1. The lowest BCUT2D eigenvalue weighted by Crippen LogP contribution is -2.49. The molecule has 7 nitrogen and oxygen atoms in total. The Balaban J connectivity index is 1.95. The first-order chi connectivity index (χ1) is 13.7. The van der Waals surface area contributed by atoms with Crippen LogP contribution in [0.5, 0.6) is 0 Å². The molecule has 0 radical (unpaired) electrons. The molecule has 0 fully saturated rings. The molecule has 0 saturated heterocycles. The van der Waals surface area contributed by atoms with Crippen LogP contribution >= 0.6 is 22.9 Å². The third kappa shape index (κ3) is 6.52. The molecule has 1 aromatic carbocycles. The second-order valence-corrected chi connectivity index (χ2v) is 7.52. The van der Waals surface area contributed by atoms with Crippen molar-refractivity contribution < 1.29 is 28.6 Å². The first-order valence-electron chi connectivity index (χ1n) is 8.54. The highest BCUT2D eigenvalue weighted by Gasteiger charge is 2.29. The van der Waals surface area contributed by atoms with E-state index < -0.39 is 42.4 Å². The van der Waals surface area contributed by atoms with Crippen LogP contribution in [0.4, 0.5) is 4.39 Å². The molecule has 0 aliphatic rings. The molecule has 0 spiro atoms. The van der Waals surface area contributed by atoms with Crippen LogP contribution in [-0.4, -0.2) is 53.6 Å². The van der Waals surface area contributed by atoms with E-state index in [2.05, 4.69) is 5.32 Å². The van der Waals surface area contributed by atoms with Gasteiger partial charge in [-0.05, 0) is 47.5 Å². The zero-order valence-corrected chi connectivity index (χ0v) is 17.3. The summed E-state index contributed by atoms with van der Waals surface area (Å²) in [4.78, 5) is 38.0. The van der Waals surface area contributed by atoms with E-state index in [1.807, 2.05) is 16.8 Å². The van der Waals surface area contributed by atoms with Crippen LogP contribution in [0.1, 0.15) is 22.8 Å². The van der Waals surface area contributed by atoms with Crippen LogP contribution in [0.25, 0.3) is 0 Å². The van der Waals surface area contributed by atoms with Crippen molar-refractivity contribution in [3.05, 3.63) is 57.0 Å². The lowest BCUT2D eigenvalue weighted by Gasteiger charge is -2.21. The van der Waals surface area contributed by atoms with Gasteiger partial charge in [-0.25, -0.2) is 9.18 Å². The number of carbonyl (C=O) groups excluding carboxylic acids is 3. The molecule has 0 saturated carbocycles. The van der Waals surface area contributed by atoms with Gasteiger partial charge in [0.15, 0.2) is 12.6 Å². The Morgan fingerprint density at radius 3 is 2.69 bits per heavy atom. The Labute approximate surface area is 176 Å². The Kier molecular flexibility index (Phi) is 8.12. The topological polar surface area (TPSA) is 95.9 Å². The van der Waals surface area contributed by atoms with Gasteiger partial charge in [0.05, 0.1) is 11.7 Å². The molecule has 2 amide bonds. The molecular formula is C19H20ClFN2O5S. The van der Waals surface area contributed by atoms with Gasteiger partial charge in [0.2, 0.25) is 0 Å². The quantitative estimate of drug-likeness (QED) is 0.611. The summed E-state index contributed by atoms with van der Waals surface area (Å²) in [5.41, 5.74) is 0.553. The highest BCUT2D eigenvalue weighted by atomic mass is 35.5. The Bertz CT molecular complexity index is 875. The number of likely N-dealkylation sites (N-methyl/N-ethyl adjacent to an activating group) is 1. The predicted molar refractivity (Wildman–Crippen MR) is 106 cm³/mol. The van der Waals surface area contributed by atoms with Gasteiger partial charge in [0.1, 0.15) is 5.82 Å². The normalized spacial score (nSPS) is 12.7. The van der Waals surface area contributed by atoms with Gasteiger partial charge in [-0.2, -0.15) is 11.3 Å². The molecule has 2 atom stereocenters. The third-order valence-electron chi connectivity index (χ3n) is 3.96. The Morgan fingerprint density at radius 2 is 2.07 bits per heavy atom. The standard InChI is InChI=1S/C19H20ClFN2O5S/c1-11(24)17(22-18(26)14-7-13(20)3-4-15(14)21)19(27)28-9-16(25)23(2)8-12-5-6-29-10-12/h3-7,10-11,17,24H,8-9H2,1-2H3,(H,22,26)/t11-,17+/m1/s1. The minimum atomic E-state index is -1.49. The molecule has 1 aromatic heterocycles. The highest BCUT2D eigenvalue weighted by molar-refractivity contribution is 7.07. The maximum atomic E-state index is 13.8. The number of halogens is 2. The summed E-state index contributed by atoms with van der Waals surface area (Å²) < 4.78 is 18.8. The van der Waals surface area contributed by atoms with Crippen molar-refractivity contribution in [3.63, 3.8) is 0 Å². The average Bonchev–Trinajstić information content (AvgIpc) is 3.18. The molecule has 10 heteroatoms. The van der Waals surface area contributed by atoms with Crippen LogP contribution in [0.3, 0.4) is 0 Å². The predicted octanol–water partition coefficient (Wildman–Crippen LogP) is 2.22. The van der Waals surface area contributed by atoms with Crippen LogP contribution in [0.15, 0.2) is 35.0 Å². The number of rotatable bonds is 8. The number of aliphatic hydroxyl groups is 1. The minimum Gasteiger partial charge on any atom is -0.454 e. The summed E-state index contributed by atoms with van der Waals surface area (Å²) >= 11 is 7.26. The van der Waals surface area contributed by atoms with E-state index in [4.69, 9.17) is 16.3 Å². The summed E-state index contributed by atoms with van der Waals surface area (Å²) in [6.45, 7) is 1.04. The van der Waals surface area contributed by atoms with E-state index in [1.54, 1.807) is 7.05 Å². The zero-order valence-electron chi connectivity index (χ0n) is 15.7. The number of thiophene rings is 1. The monoisotopic (exact) mass is 442 g/mol. The summed E-state index contributed by atoms with van der Waals surface area (Å²) in [5.74, 6) is -3.27. The maximum absolute atomic E-state index is 13.8. The summed E-state index contributed by atoms with van der Waals surface area (Å²) in [6, 6.07) is 3.76. The number of esters is 1. The second-order valence-electron chi connectivity index (χ2n) is 6.31. The lowest BCUT2D eigenvalue weighted by atomic mass is 10.1. The number of amides is 2. The van der Waals surface area contributed by atoms with Crippen molar-refractivity contribution in [1.82, 2.24) is 10.2 Å². The number of ether oxygens (including phenoxy) is 1. The van der Waals surface area contributed by atoms with Crippen molar-refractivity contribution in [2.45, 2.75) is 25.6 Å². The molecule has 2 aromatic rings. The number of nitrogens with one attached hydrogen (secondary N) is 1. The molecule has 0 aliphatic carbocycles. The van der Waals surface area contributed by atoms with Gasteiger partial charge in [0.25, 0.3) is 11.8 Å². The van der Waals surface area contributed by atoms with Crippen LogP contribution in [-0.2, 0) is 20.9 Å². The third-order valence-corrected chi connectivity index (χ3v) is 4.93. The highest BCUT2D eigenvalue weighted by Crippen LogP contribution is 2.15. The van der Waals surface area contributed by atoms with Gasteiger partial charge >= 0.3 is 5.97 Å². The number of aliphatic hydroxyl groups excluding tert-OH is 1. The van der Waals surface area contributed by atoms with Crippen LogP contribution in [0.2, 0.25) is 5.02 Å². The summed E-state index contributed by atoms with van der Waals surface area (Å²) in [5, 5.41) is 15.9. The van der Waals surface area contributed by atoms with E-state index in [1.165, 1.54) is 29.2 Å². The fraction of sp³-hybridized carbons (Fsp3) is 0.316. The van der Waals surface area contributed by atoms with Crippen molar-refractivity contribution in [2.75, 3.05) is 13.7 Å². The molecule has 1 heterocycles. The van der Waals surface area contributed by atoms with Gasteiger partial charge in [-0.1, -0.05) is 11.6 Å². The molecule has 156 valence electrons. The minimum absolute atomic E-state index is 0.131. The van der Waals surface area contributed by atoms with E-state index >= 15 is 0 Å². The van der Waals surface area contributed by atoms with E-state index in [9.17, 15) is 23.9 Å². The molecule has 29 heavy (non-hydrogen) atoms. The molecule has 0 aliphatic heterocycles. The molecule has 2 N–H and O–H groups in total. The number of hydrogen-bond acceptors (Lipinski definition) is 6. The Hall–Kier alpha value is -2.49. The van der Waals surface area contributed by atoms with Gasteiger partial charge in [0, 0.05) is 18.6 Å². The number of nitrogens with zero attached hydrogens (tertiary/aromatic N) is 1. The number of hydrogen-bond donors (Lipinski definition) is 2. The summed E-state index contributed by atoms with van der Waals surface area (Å²) in [6.07, 6.45) is -1.34. The Morgan fingerprint density at radius 1 is 1.34 bits per heavy atom. The van der Waals surface area contributed by atoms with Crippen molar-refractivity contribution in [3.8, 4) is 0 Å². The molecular weight excluding hydrogens is 423 g/mol. The van der Waals surface area contributed by atoms with Gasteiger partial charge < -0.3 is 20.1 Å². The number of benzene rings is 1. The smallest absolute Gasteiger partial charge is 0.331 e. The van der Waals surface area contributed by atoms with Gasteiger partial charge in [-0.15, -0.1) is 0 Å². The fourth-order valence-electron chi connectivity index (χ4n) is 2.34. The zero-order chi connectivity index (χ0) is 21.6. The number of carbonyl (C=O) groups is 3. The first kappa shape index (κ1) is 22.8. The van der Waals surface area contributed by atoms with Crippen molar-refractivity contribution in [2.24, 2.45) is 0 Å². The van der Waals surface area contributed by atoms with E-state index in [0.717, 1.165) is 17.7 Å². The molecule has 0 unspecified atom stereocenters.